The molecule has 4 N–H and O–H groups in total. The van der Waals surface area contributed by atoms with Crippen LogP contribution in [0.15, 0.2) is 24.0 Å². The molecule has 0 spiro atoms. The summed E-state index contributed by atoms with van der Waals surface area (Å²) < 4.78 is 0. The molecule has 3 fully saturated rings. The second-order valence-electron chi connectivity index (χ2n) is 8.90. The first kappa shape index (κ1) is 18.0. The van der Waals surface area contributed by atoms with E-state index in [1.165, 1.54) is 0 Å². The molecule has 0 aromatic rings. The van der Waals surface area contributed by atoms with Crippen molar-refractivity contribution in [1.82, 2.24) is 0 Å². The number of hydrogen-bond donors (Lipinski definition) is 4. The number of aliphatic hydroxyl groups excluding tert-OH is 4. The summed E-state index contributed by atoms with van der Waals surface area (Å²) in [5, 5.41) is 40.2. The second-order valence-corrected chi connectivity index (χ2v) is 8.90. The lowest BCUT2D eigenvalue weighted by atomic mass is 9.54. The van der Waals surface area contributed by atoms with Crippen LogP contribution in [0.2, 0.25) is 0 Å². The molecule has 7 atom stereocenters. The van der Waals surface area contributed by atoms with Gasteiger partial charge in [0.25, 0.3) is 0 Å². The first-order valence-electron chi connectivity index (χ1n) is 9.30. The fourth-order valence-electron chi connectivity index (χ4n) is 5.72. The molecule has 0 aromatic carbocycles. The lowest BCUT2D eigenvalue weighted by molar-refractivity contribution is -0.0523. The highest BCUT2D eigenvalue weighted by molar-refractivity contribution is 5.26. The predicted octanol–water partition coefficient (Wildman–Crippen LogP) is 3.08. The van der Waals surface area contributed by atoms with E-state index in [0.29, 0.717) is 24.7 Å². The zero-order chi connectivity index (χ0) is 17.7. The summed E-state index contributed by atoms with van der Waals surface area (Å²) in [5.74, 6) is 0.840. The Morgan fingerprint density at radius 2 is 1.79 bits per heavy atom. The predicted molar refractivity (Wildman–Crippen MR) is 93.4 cm³/mol. The van der Waals surface area contributed by atoms with Crippen LogP contribution in [0.3, 0.4) is 0 Å². The van der Waals surface area contributed by atoms with Gasteiger partial charge < -0.3 is 20.4 Å². The van der Waals surface area contributed by atoms with Gasteiger partial charge in [0.2, 0.25) is 0 Å². The van der Waals surface area contributed by atoms with E-state index < -0.39 is 12.2 Å². The molecule has 0 radical (unpaired) electrons. The molecule has 0 unspecified atom stereocenters. The van der Waals surface area contributed by atoms with Crippen LogP contribution in [0.5, 0.6) is 0 Å². The standard InChI is InChI=1S/C20H32O4/c1-12(21)8-14-10-16(22)5-7-19(14,2)13-4-6-20(3)15(9-13)11-17(23)18(20)24/h8,13,15-18,21-24H,1,4-7,9-11H2,2-3H3/b14-8-/t13-,15+,16-,17+,18-,19+,20-/m0/s1. The Bertz CT molecular complexity index is 542. The maximum Gasteiger partial charge on any atom is 0.108 e. The third kappa shape index (κ3) is 2.83. The molecule has 0 bridgehead atoms. The zero-order valence-corrected chi connectivity index (χ0v) is 14.9. The van der Waals surface area contributed by atoms with E-state index in [4.69, 9.17) is 0 Å². The van der Waals surface area contributed by atoms with Crippen LogP contribution in [0.4, 0.5) is 0 Å². The van der Waals surface area contributed by atoms with Crippen LogP contribution < -0.4 is 0 Å². The van der Waals surface area contributed by atoms with Gasteiger partial charge in [-0.3, -0.25) is 0 Å². The van der Waals surface area contributed by atoms with Crippen molar-refractivity contribution in [3.63, 3.8) is 0 Å². The zero-order valence-electron chi connectivity index (χ0n) is 14.9. The molecule has 0 aliphatic heterocycles. The number of allylic oxidation sites excluding steroid dienone is 1. The van der Waals surface area contributed by atoms with E-state index in [-0.39, 0.29) is 22.7 Å². The van der Waals surface area contributed by atoms with E-state index >= 15 is 0 Å². The number of fused-ring (bicyclic) bond motifs is 1. The average Bonchev–Trinajstić information content (AvgIpc) is 2.73. The van der Waals surface area contributed by atoms with Gasteiger partial charge in [0.15, 0.2) is 0 Å². The van der Waals surface area contributed by atoms with Gasteiger partial charge in [0, 0.05) is 0 Å². The van der Waals surface area contributed by atoms with Crippen molar-refractivity contribution in [1.29, 1.82) is 0 Å². The fraction of sp³-hybridized carbons (Fsp3) is 0.800. The van der Waals surface area contributed by atoms with Gasteiger partial charge in [0.05, 0.1) is 18.3 Å². The highest BCUT2D eigenvalue weighted by Crippen LogP contribution is 2.59. The van der Waals surface area contributed by atoms with E-state index in [0.717, 1.165) is 37.7 Å². The Morgan fingerprint density at radius 3 is 2.46 bits per heavy atom. The average molecular weight is 336 g/mol. The van der Waals surface area contributed by atoms with Crippen molar-refractivity contribution in [2.45, 2.75) is 77.1 Å². The molecule has 3 rings (SSSR count). The molecule has 4 nitrogen and oxygen atoms in total. The maximum absolute atomic E-state index is 10.4. The summed E-state index contributed by atoms with van der Waals surface area (Å²) in [6.45, 7) is 7.97. The molecule has 0 heterocycles. The fourth-order valence-corrected chi connectivity index (χ4v) is 5.72. The summed E-state index contributed by atoms with van der Waals surface area (Å²) >= 11 is 0. The first-order valence-corrected chi connectivity index (χ1v) is 9.30. The van der Waals surface area contributed by atoms with E-state index in [2.05, 4.69) is 20.4 Å². The lowest BCUT2D eigenvalue weighted by Gasteiger charge is -2.51. The Hall–Kier alpha value is -0.840. The molecule has 4 heteroatoms. The minimum Gasteiger partial charge on any atom is -0.509 e. The van der Waals surface area contributed by atoms with Crippen molar-refractivity contribution in [2.24, 2.45) is 22.7 Å². The monoisotopic (exact) mass is 336 g/mol. The third-order valence-corrected chi connectivity index (χ3v) is 7.53. The van der Waals surface area contributed by atoms with Crippen LogP contribution in [0.1, 0.15) is 58.8 Å². The quantitative estimate of drug-likeness (QED) is 0.584. The van der Waals surface area contributed by atoms with Crippen molar-refractivity contribution >= 4 is 0 Å². The second kappa shape index (κ2) is 6.15. The third-order valence-electron chi connectivity index (χ3n) is 7.53. The molecule has 3 saturated carbocycles. The molecule has 0 saturated heterocycles. The van der Waals surface area contributed by atoms with Crippen molar-refractivity contribution in [3.05, 3.63) is 24.0 Å². The van der Waals surface area contributed by atoms with E-state index in [1.807, 2.05) is 0 Å². The van der Waals surface area contributed by atoms with Crippen LogP contribution in [-0.2, 0) is 0 Å². The summed E-state index contributed by atoms with van der Waals surface area (Å²) in [7, 11) is 0. The van der Waals surface area contributed by atoms with E-state index in [9.17, 15) is 20.4 Å². The molecule has 3 aliphatic rings. The molecular formula is C20H32O4. The molecule has 3 aliphatic carbocycles. The molecule has 136 valence electrons. The Kier molecular flexibility index (Phi) is 4.61. The van der Waals surface area contributed by atoms with Crippen molar-refractivity contribution in [3.8, 4) is 0 Å². The van der Waals surface area contributed by atoms with Crippen LogP contribution >= 0.6 is 0 Å². The highest BCUT2D eigenvalue weighted by Gasteiger charge is 2.55. The summed E-state index contributed by atoms with van der Waals surface area (Å²) in [5.41, 5.74) is 0.872. The Balaban J connectivity index is 1.84. The van der Waals surface area contributed by atoms with Crippen molar-refractivity contribution < 1.29 is 20.4 Å². The number of aliphatic hydroxyl groups is 4. The largest absolute Gasteiger partial charge is 0.509 e. The molecule has 0 amide bonds. The Morgan fingerprint density at radius 1 is 1.08 bits per heavy atom. The van der Waals surface area contributed by atoms with Crippen molar-refractivity contribution in [2.75, 3.05) is 0 Å². The van der Waals surface area contributed by atoms with Crippen LogP contribution in [0, 0.1) is 22.7 Å². The van der Waals surface area contributed by atoms with Gasteiger partial charge in [0.1, 0.15) is 5.76 Å². The normalized spacial score (nSPS) is 50.7. The summed E-state index contributed by atoms with van der Waals surface area (Å²) in [6.07, 6.45) is 6.09. The summed E-state index contributed by atoms with van der Waals surface area (Å²) in [4.78, 5) is 0. The SMILES string of the molecule is C=C(O)/C=C1/C[C@@H](O)CC[C@]1(C)[C@H]1CC[C@@]2(C)[C@H](C1)C[C@@H](O)[C@@H]2O. The minimum atomic E-state index is -0.614. The maximum atomic E-state index is 10.4. The topological polar surface area (TPSA) is 80.9 Å². The minimum absolute atomic E-state index is 0.0509. The molecular weight excluding hydrogens is 304 g/mol. The van der Waals surface area contributed by atoms with Gasteiger partial charge in [-0.05, 0) is 73.7 Å². The van der Waals surface area contributed by atoms with Gasteiger partial charge in [-0.2, -0.15) is 0 Å². The molecule has 0 aromatic heterocycles. The highest BCUT2D eigenvalue weighted by atomic mass is 16.3. The number of hydrogen-bond acceptors (Lipinski definition) is 4. The van der Waals surface area contributed by atoms with Gasteiger partial charge in [-0.15, -0.1) is 0 Å². The smallest absolute Gasteiger partial charge is 0.108 e. The molecule has 24 heavy (non-hydrogen) atoms. The van der Waals surface area contributed by atoms with Gasteiger partial charge in [-0.25, -0.2) is 0 Å². The Labute approximate surface area is 144 Å². The first-order chi connectivity index (χ1) is 11.2. The van der Waals surface area contributed by atoms with Crippen LogP contribution in [0.25, 0.3) is 0 Å². The number of rotatable bonds is 2. The van der Waals surface area contributed by atoms with Crippen LogP contribution in [-0.4, -0.2) is 38.7 Å². The van der Waals surface area contributed by atoms with Gasteiger partial charge >= 0.3 is 0 Å². The summed E-state index contributed by atoms with van der Waals surface area (Å²) in [6, 6.07) is 0. The van der Waals surface area contributed by atoms with E-state index in [1.54, 1.807) is 6.08 Å². The lowest BCUT2D eigenvalue weighted by Crippen LogP contribution is -2.45. The van der Waals surface area contributed by atoms with Gasteiger partial charge in [-0.1, -0.05) is 26.0 Å².